The predicted octanol–water partition coefficient (Wildman–Crippen LogP) is 1.40. The Morgan fingerprint density at radius 3 is 1.50 bits per heavy atom. The highest BCUT2D eigenvalue weighted by molar-refractivity contribution is 7.85. The lowest BCUT2D eigenvalue weighted by atomic mass is 10.6. The molecule has 0 aromatic carbocycles. The van der Waals surface area contributed by atoms with Gasteiger partial charge in [-0.2, -0.15) is 8.42 Å². The van der Waals surface area contributed by atoms with Crippen LogP contribution in [0.4, 0.5) is 0 Å². The molecule has 3 nitrogen and oxygen atoms in total. The Bertz CT molecular complexity index is 137. The first kappa shape index (κ1) is 12.6. The Morgan fingerprint density at radius 2 is 1.50 bits per heavy atom. The molecule has 0 aliphatic carbocycles. The van der Waals surface area contributed by atoms with E-state index in [0.29, 0.717) is 0 Å². The van der Waals surface area contributed by atoms with E-state index < -0.39 is 10.1 Å². The van der Waals surface area contributed by atoms with Gasteiger partial charge in [0, 0.05) is 0 Å². The van der Waals surface area contributed by atoms with Gasteiger partial charge in [-0.3, -0.25) is 4.18 Å². The smallest absolute Gasteiger partial charge is 0.264 e. The van der Waals surface area contributed by atoms with Gasteiger partial charge in [0.1, 0.15) is 0 Å². The Balaban J connectivity index is 0. The third-order valence-electron chi connectivity index (χ3n) is 0.332. The van der Waals surface area contributed by atoms with E-state index in [9.17, 15) is 8.42 Å². The SMILES string of the molecule is CCC.CCOS(C)(=O)=O. The molecule has 0 aliphatic heterocycles. The summed E-state index contributed by atoms with van der Waals surface area (Å²) in [5.41, 5.74) is 0. The van der Waals surface area contributed by atoms with Gasteiger partial charge in [-0.25, -0.2) is 0 Å². The summed E-state index contributed by atoms with van der Waals surface area (Å²) in [6.07, 6.45) is 2.27. The van der Waals surface area contributed by atoms with Crippen molar-refractivity contribution in [1.29, 1.82) is 0 Å². The molecule has 0 heterocycles. The molecule has 0 radical (unpaired) electrons. The van der Waals surface area contributed by atoms with Crippen LogP contribution in [0.3, 0.4) is 0 Å². The maximum atomic E-state index is 10.0. The van der Waals surface area contributed by atoms with Crippen LogP contribution in [0.1, 0.15) is 27.2 Å². The Hall–Kier alpha value is -0.0900. The molecule has 0 aromatic heterocycles. The second-order valence-corrected chi connectivity index (χ2v) is 3.46. The number of rotatable bonds is 2. The van der Waals surface area contributed by atoms with Crippen molar-refractivity contribution in [3.8, 4) is 0 Å². The van der Waals surface area contributed by atoms with Crippen molar-refractivity contribution < 1.29 is 12.6 Å². The van der Waals surface area contributed by atoms with E-state index >= 15 is 0 Å². The molecule has 64 valence electrons. The Kier molecular flexibility index (Phi) is 8.83. The maximum Gasteiger partial charge on any atom is 0.264 e. The highest BCUT2D eigenvalue weighted by Crippen LogP contribution is 1.81. The molecule has 0 saturated heterocycles. The summed E-state index contributed by atoms with van der Waals surface area (Å²) in [7, 11) is -3.17. The summed E-state index contributed by atoms with van der Waals surface area (Å²) in [6, 6.07) is 0. The lowest BCUT2D eigenvalue weighted by molar-refractivity contribution is 0.342. The lowest BCUT2D eigenvalue weighted by Gasteiger charge is -1.90. The third-order valence-corrected chi connectivity index (χ3v) is 0.996. The Labute approximate surface area is 63.5 Å². The molecule has 0 aromatic rings. The molecule has 0 atom stereocenters. The van der Waals surface area contributed by atoms with E-state index in [1.165, 1.54) is 6.42 Å². The van der Waals surface area contributed by atoms with Crippen molar-refractivity contribution in [3.63, 3.8) is 0 Å². The first-order valence-corrected chi connectivity index (χ1v) is 5.13. The number of hydrogen-bond donors (Lipinski definition) is 0. The van der Waals surface area contributed by atoms with E-state index in [2.05, 4.69) is 18.0 Å². The fraction of sp³-hybridized carbons (Fsp3) is 1.00. The van der Waals surface area contributed by atoms with Crippen molar-refractivity contribution in [2.45, 2.75) is 27.2 Å². The van der Waals surface area contributed by atoms with Gasteiger partial charge >= 0.3 is 0 Å². The van der Waals surface area contributed by atoms with Crippen LogP contribution in [-0.2, 0) is 14.3 Å². The van der Waals surface area contributed by atoms with Crippen LogP contribution in [0.2, 0.25) is 0 Å². The molecule has 0 bridgehead atoms. The molecule has 10 heavy (non-hydrogen) atoms. The van der Waals surface area contributed by atoms with Crippen LogP contribution in [0.25, 0.3) is 0 Å². The van der Waals surface area contributed by atoms with Crippen LogP contribution in [0.5, 0.6) is 0 Å². The molecule has 0 unspecified atom stereocenters. The summed E-state index contributed by atoms with van der Waals surface area (Å²) in [4.78, 5) is 0. The summed E-state index contributed by atoms with van der Waals surface area (Å²) in [5, 5.41) is 0. The normalized spacial score (nSPS) is 10.0. The molecular formula is C6H16O3S. The summed E-state index contributed by atoms with van der Waals surface area (Å²) in [5.74, 6) is 0. The largest absolute Gasteiger partial charge is 0.271 e. The quantitative estimate of drug-likeness (QED) is 0.585. The second-order valence-electron chi connectivity index (χ2n) is 1.82. The molecule has 4 heteroatoms. The average molecular weight is 168 g/mol. The molecule has 0 aliphatic rings. The molecular weight excluding hydrogens is 152 g/mol. The zero-order valence-corrected chi connectivity index (χ0v) is 7.86. The van der Waals surface area contributed by atoms with Crippen LogP contribution >= 0.6 is 0 Å². The highest BCUT2D eigenvalue weighted by atomic mass is 32.2. The lowest BCUT2D eigenvalue weighted by Crippen LogP contribution is -2.00. The first-order valence-electron chi connectivity index (χ1n) is 3.32. The fourth-order valence-electron chi connectivity index (χ4n) is 0.214. The van der Waals surface area contributed by atoms with Gasteiger partial charge < -0.3 is 0 Å². The van der Waals surface area contributed by atoms with Gasteiger partial charge in [0.15, 0.2) is 0 Å². The second kappa shape index (κ2) is 7.02. The minimum Gasteiger partial charge on any atom is -0.271 e. The van der Waals surface area contributed by atoms with Crippen LogP contribution in [0, 0.1) is 0 Å². The van der Waals surface area contributed by atoms with E-state index in [4.69, 9.17) is 0 Å². The van der Waals surface area contributed by atoms with Crippen molar-refractivity contribution >= 4 is 10.1 Å². The fourth-order valence-corrected chi connectivity index (χ4v) is 0.642. The average Bonchev–Trinajstić information content (AvgIpc) is 1.63. The monoisotopic (exact) mass is 168 g/mol. The maximum absolute atomic E-state index is 10.0. The van der Waals surface area contributed by atoms with Gasteiger partial charge in [0.05, 0.1) is 12.9 Å². The van der Waals surface area contributed by atoms with Crippen molar-refractivity contribution in [1.82, 2.24) is 0 Å². The Morgan fingerprint density at radius 1 is 1.20 bits per heavy atom. The summed E-state index contributed by atoms with van der Waals surface area (Å²) >= 11 is 0. The van der Waals surface area contributed by atoms with Crippen molar-refractivity contribution in [2.24, 2.45) is 0 Å². The van der Waals surface area contributed by atoms with E-state index in [1.54, 1.807) is 6.92 Å². The summed E-state index contributed by atoms with van der Waals surface area (Å²) in [6.45, 7) is 6.10. The zero-order valence-electron chi connectivity index (χ0n) is 7.05. The van der Waals surface area contributed by atoms with Crippen LogP contribution in [0.15, 0.2) is 0 Å². The van der Waals surface area contributed by atoms with E-state index in [-0.39, 0.29) is 6.61 Å². The van der Waals surface area contributed by atoms with Gasteiger partial charge in [0.2, 0.25) is 0 Å². The van der Waals surface area contributed by atoms with Gasteiger partial charge in [-0.15, -0.1) is 0 Å². The zero-order chi connectivity index (χ0) is 8.62. The predicted molar refractivity (Wildman–Crippen MR) is 42.4 cm³/mol. The van der Waals surface area contributed by atoms with Crippen LogP contribution in [-0.4, -0.2) is 21.3 Å². The van der Waals surface area contributed by atoms with Gasteiger partial charge in [-0.05, 0) is 6.92 Å². The highest BCUT2D eigenvalue weighted by Gasteiger charge is 1.94. The third kappa shape index (κ3) is 24.7. The minimum atomic E-state index is -3.17. The van der Waals surface area contributed by atoms with Crippen LogP contribution < -0.4 is 0 Å². The molecule has 0 fully saturated rings. The molecule has 0 amide bonds. The van der Waals surface area contributed by atoms with E-state index in [0.717, 1.165) is 6.26 Å². The summed E-state index contributed by atoms with van der Waals surface area (Å²) < 4.78 is 24.2. The molecule has 0 spiro atoms. The van der Waals surface area contributed by atoms with Crippen molar-refractivity contribution in [2.75, 3.05) is 12.9 Å². The van der Waals surface area contributed by atoms with E-state index in [1.807, 2.05) is 0 Å². The molecule has 0 saturated carbocycles. The van der Waals surface area contributed by atoms with Gasteiger partial charge in [0.25, 0.3) is 10.1 Å². The topological polar surface area (TPSA) is 43.4 Å². The van der Waals surface area contributed by atoms with Crippen molar-refractivity contribution in [3.05, 3.63) is 0 Å². The molecule has 0 N–H and O–H groups in total. The van der Waals surface area contributed by atoms with Gasteiger partial charge in [-0.1, -0.05) is 20.3 Å². The standard InChI is InChI=1S/C3H8O3S.C3H8/c1-3-6-7(2,4)5;1-3-2/h3H2,1-2H3;3H2,1-2H3. The minimum absolute atomic E-state index is 0.221. The first-order chi connectivity index (χ1) is 4.47. The number of hydrogen-bond acceptors (Lipinski definition) is 3. The molecule has 0 rings (SSSR count).